The van der Waals surface area contributed by atoms with Gasteiger partial charge in [-0.3, -0.25) is 10.1 Å². The van der Waals surface area contributed by atoms with E-state index in [0.29, 0.717) is 17.2 Å². The van der Waals surface area contributed by atoms with Crippen molar-refractivity contribution in [2.24, 2.45) is 5.92 Å². The highest BCUT2D eigenvalue weighted by Gasteiger charge is 2.15. The predicted molar refractivity (Wildman–Crippen MR) is 69.8 cm³/mol. The van der Waals surface area contributed by atoms with Crippen LogP contribution in [0.15, 0.2) is 18.2 Å². The van der Waals surface area contributed by atoms with Gasteiger partial charge in [-0.2, -0.15) is 5.26 Å². The molecule has 6 nitrogen and oxygen atoms in total. The van der Waals surface area contributed by atoms with Crippen molar-refractivity contribution < 1.29 is 9.66 Å². The largest absolute Gasteiger partial charge is 0.384 e. The van der Waals surface area contributed by atoms with Crippen LogP contribution in [0, 0.1) is 27.4 Å². The molecule has 2 rings (SSSR count). The Balaban J connectivity index is 1.95. The predicted octanol–water partition coefficient (Wildman–Crippen LogP) is 2.30. The molecule has 0 radical (unpaired) electrons. The van der Waals surface area contributed by atoms with Gasteiger partial charge in [0.05, 0.1) is 16.2 Å². The molecule has 19 heavy (non-hydrogen) atoms. The van der Waals surface area contributed by atoms with Gasteiger partial charge in [0.2, 0.25) is 0 Å². The molecule has 1 atom stereocenters. The molecule has 0 saturated carbocycles. The lowest BCUT2D eigenvalue weighted by atomic mass is 10.1. The molecule has 1 aliphatic heterocycles. The van der Waals surface area contributed by atoms with Crippen molar-refractivity contribution in [3.8, 4) is 6.07 Å². The van der Waals surface area contributed by atoms with E-state index in [9.17, 15) is 10.1 Å². The van der Waals surface area contributed by atoms with Gasteiger partial charge in [-0.15, -0.1) is 0 Å². The van der Waals surface area contributed by atoms with Crippen LogP contribution in [0.1, 0.15) is 18.4 Å². The molecule has 100 valence electrons. The molecule has 1 aromatic carbocycles. The van der Waals surface area contributed by atoms with E-state index in [1.807, 2.05) is 6.07 Å². The first-order valence-electron chi connectivity index (χ1n) is 6.21. The minimum atomic E-state index is -0.500. The second-order valence-electron chi connectivity index (χ2n) is 4.54. The third-order valence-corrected chi connectivity index (χ3v) is 3.23. The van der Waals surface area contributed by atoms with Gasteiger partial charge in [0.15, 0.2) is 0 Å². The number of hydrogen-bond donors (Lipinski definition) is 1. The van der Waals surface area contributed by atoms with Crippen LogP contribution in [0.2, 0.25) is 0 Å². The van der Waals surface area contributed by atoms with Gasteiger partial charge in [0, 0.05) is 31.9 Å². The topological polar surface area (TPSA) is 88.2 Å². The summed E-state index contributed by atoms with van der Waals surface area (Å²) in [5.74, 6) is 0.566. The molecule has 1 heterocycles. The van der Waals surface area contributed by atoms with Gasteiger partial charge in [-0.05, 0) is 24.8 Å². The normalized spacial score (nSPS) is 17.9. The Labute approximate surface area is 111 Å². The molecule has 1 unspecified atom stereocenters. The number of non-ortho nitro benzene ring substituents is 1. The fourth-order valence-corrected chi connectivity index (χ4v) is 2.11. The van der Waals surface area contributed by atoms with Crippen molar-refractivity contribution in [1.29, 1.82) is 5.26 Å². The highest BCUT2D eigenvalue weighted by molar-refractivity contribution is 5.61. The van der Waals surface area contributed by atoms with Crippen LogP contribution < -0.4 is 5.32 Å². The van der Waals surface area contributed by atoms with Gasteiger partial charge in [-0.25, -0.2) is 0 Å². The first-order valence-corrected chi connectivity index (χ1v) is 6.21. The third kappa shape index (κ3) is 3.42. The molecule has 0 aliphatic carbocycles. The van der Waals surface area contributed by atoms with Gasteiger partial charge in [0.25, 0.3) is 5.69 Å². The van der Waals surface area contributed by atoms with E-state index in [-0.39, 0.29) is 5.69 Å². The third-order valence-electron chi connectivity index (χ3n) is 3.23. The number of ether oxygens (including phenoxy) is 1. The minimum absolute atomic E-state index is 0.0636. The van der Waals surface area contributed by atoms with Crippen LogP contribution >= 0.6 is 0 Å². The average molecular weight is 261 g/mol. The Morgan fingerprint density at radius 1 is 1.58 bits per heavy atom. The van der Waals surface area contributed by atoms with Crippen LogP contribution in [0.25, 0.3) is 0 Å². The quantitative estimate of drug-likeness (QED) is 0.649. The van der Waals surface area contributed by atoms with Crippen LogP contribution in [-0.2, 0) is 4.74 Å². The monoisotopic (exact) mass is 261 g/mol. The van der Waals surface area contributed by atoms with E-state index in [2.05, 4.69) is 5.32 Å². The molecule has 1 saturated heterocycles. The summed E-state index contributed by atoms with van der Waals surface area (Å²) in [6.07, 6.45) is 2.05. The fraction of sp³-hybridized carbons (Fsp3) is 0.462. The van der Waals surface area contributed by atoms with Crippen molar-refractivity contribution in [2.45, 2.75) is 12.8 Å². The zero-order chi connectivity index (χ0) is 13.7. The standard InChI is InChI=1S/C13H15N3O3/c14-8-11-7-12(16(17)18)1-2-13(11)15-5-3-10-4-6-19-9-10/h1-2,7,10,15H,3-6,9H2. The number of benzene rings is 1. The molecular formula is C13H15N3O3. The summed E-state index contributed by atoms with van der Waals surface area (Å²) in [6.45, 7) is 2.36. The maximum Gasteiger partial charge on any atom is 0.270 e. The number of nitrogens with zero attached hydrogens (tertiary/aromatic N) is 2. The molecule has 0 spiro atoms. The number of nitrogens with one attached hydrogen (secondary N) is 1. The summed E-state index contributed by atoms with van der Waals surface area (Å²) >= 11 is 0. The van der Waals surface area contributed by atoms with Crippen LogP contribution in [-0.4, -0.2) is 24.7 Å². The average Bonchev–Trinajstić information content (AvgIpc) is 2.92. The van der Waals surface area contributed by atoms with E-state index in [0.717, 1.165) is 32.6 Å². The summed E-state index contributed by atoms with van der Waals surface area (Å²) in [7, 11) is 0. The molecule has 1 fully saturated rings. The Bertz CT molecular complexity index is 504. The van der Waals surface area contributed by atoms with Crippen LogP contribution in [0.4, 0.5) is 11.4 Å². The van der Waals surface area contributed by atoms with Crippen molar-refractivity contribution in [2.75, 3.05) is 25.1 Å². The molecule has 0 amide bonds. The second-order valence-corrected chi connectivity index (χ2v) is 4.54. The molecule has 0 bridgehead atoms. The summed E-state index contributed by atoms with van der Waals surface area (Å²) in [5, 5.41) is 22.8. The maximum absolute atomic E-state index is 10.6. The highest BCUT2D eigenvalue weighted by Crippen LogP contribution is 2.22. The summed E-state index contributed by atoms with van der Waals surface area (Å²) in [5.41, 5.74) is 0.884. The Morgan fingerprint density at radius 2 is 2.42 bits per heavy atom. The zero-order valence-electron chi connectivity index (χ0n) is 10.5. The smallest absolute Gasteiger partial charge is 0.270 e. The molecule has 1 aliphatic rings. The lowest BCUT2D eigenvalue weighted by Gasteiger charge is -2.10. The Morgan fingerprint density at radius 3 is 3.05 bits per heavy atom. The first kappa shape index (κ1) is 13.3. The first-order chi connectivity index (χ1) is 9.20. The highest BCUT2D eigenvalue weighted by atomic mass is 16.6. The van der Waals surface area contributed by atoms with E-state index < -0.39 is 4.92 Å². The Kier molecular flexibility index (Phi) is 4.31. The van der Waals surface area contributed by atoms with Gasteiger partial charge in [-0.1, -0.05) is 0 Å². The minimum Gasteiger partial charge on any atom is -0.384 e. The summed E-state index contributed by atoms with van der Waals surface area (Å²) in [6, 6.07) is 6.26. The molecular weight excluding hydrogens is 246 g/mol. The van der Waals surface area contributed by atoms with Crippen molar-refractivity contribution in [3.63, 3.8) is 0 Å². The maximum atomic E-state index is 10.6. The van der Waals surface area contributed by atoms with Gasteiger partial charge < -0.3 is 10.1 Å². The Hall–Kier alpha value is -2.13. The molecule has 0 aromatic heterocycles. The number of rotatable bonds is 5. The SMILES string of the molecule is N#Cc1cc([N+](=O)[O-])ccc1NCCC1CCOC1. The molecule has 1 N–H and O–H groups in total. The summed E-state index contributed by atoms with van der Waals surface area (Å²) in [4.78, 5) is 10.1. The second kappa shape index (κ2) is 6.16. The van der Waals surface area contributed by atoms with Crippen molar-refractivity contribution >= 4 is 11.4 Å². The van der Waals surface area contributed by atoms with Gasteiger partial charge in [0.1, 0.15) is 6.07 Å². The van der Waals surface area contributed by atoms with Crippen molar-refractivity contribution in [1.82, 2.24) is 0 Å². The zero-order valence-corrected chi connectivity index (χ0v) is 10.5. The fourth-order valence-electron chi connectivity index (χ4n) is 2.11. The lowest BCUT2D eigenvalue weighted by molar-refractivity contribution is -0.384. The lowest BCUT2D eigenvalue weighted by Crippen LogP contribution is -2.09. The summed E-state index contributed by atoms with van der Waals surface area (Å²) < 4.78 is 5.29. The number of nitro groups is 1. The number of hydrogen-bond acceptors (Lipinski definition) is 5. The van der Waals surface area contributed by atoms with E-state index in [1.54, 1.807) is 6.07 Å². The van der Waals surface area contributed by atoms with E-state index in [4.69, 9.17) is 10.00 Å². The molecule has 1 aromatic rings. The van der Waals surface area contributed by atoms with Gasteiger partial charge >= 0.3 is 0 Å². The van der Waals surface area contributed by atoms with E-state index in [1.165, 1.54) is 12.1 Å². The van der Waals surface area contributed by atoms with Crippen LogP contribution in [0.3, 0.4) is 0 Å². The number of anilines is 1. The number of nitriles is 1. The number of nitro benzene ring substituents is 1. The van der Waals surface area contributed by atoms with Crippen LogP contribution in [0.5, 0.6) is 0 Å². The van der Waals surface area contributed by atoms with E-state index >= 15 is 0 Å². The van der Waals surface area contributed by atoms with Crippen molar-refractivity contribution in [3.05, 3.63) is 33.9 Å². The molecule has 6 heteroatoms.